The average molecular weight is 290 g/mol. The molecule has 0 atom stereocenters. The first-order valence-electron chi connectivity index (χ1n) is 7.73. The van der Waals surface area contributed by atoms with Crippen LogP contribution in [0.4, 0.5) is 0 Å². The molecule has 0 bridgehead atoms. The van der Waals surface area contributed by atoms with Gasteiger partial charge in [-0.3, -0.25) is 0 Å². The molecule has 0 aliphatic rings. The summed E-state index contributed by atoms with van der Waals surface area (Å²) < 4.78 is 0. The Bertz CT molecular complexity index is 464. The summed E-state index contributed by atoms with van der Waals surface area (Å²) in [6.45, 7) is 3.83. The highest BCUT2D eigenvalue weighted by Gasteiger charge is 2.08. The van der Waals surface area contributed by atoms with Crippen LogP contribution in [-0.2, 0) is 6.42 Å². The predicted octanol–water partition coefficient (Wildman–Crippen LogP) is 4.62. The van der Waals surface area contributed by atoms with Gasteiger partial charge in [-0.1, -0.05) is 73.6 Å². The summed E-state index contributed by atoms with van der Waals surface area (Å²) in [5.41, 5.74) is 2.62. The Morgan fingerprint density at radius 2 is 1.52 bits per heavy atom. The van der Waals surface area contributed by atoms with Gasteiger partial charge in [0.15, 0.2) is 0 Å². The fourth-order valence-electron chi connectivity index (χ4n) is 2.33. The number of nitrogens with zero attached hydrogens (tertiary/aromatic N) is 2. The van der Waals surface area contributed by atoms with Crippen molar-refractivity contribution in [2.75, 3.05) is 0 Å². The van der Waals surface area contributed by atoms with Crippen molar-refractivity contribution >= 4 is 11.4 Å². The minimum atomic E-state index is 0.293. The maximum Gasteiger partial charge on any atom is 0.134 e. The zero-order chi connectivity index (χ0) is 15.5. The molecular formula is C17H26N2O2. The second-order valence-corrected chi connectivity index (χ2v) is 5.35. The second-order valence-electron chi connectivity index (χ2n) is 5.35. The molecule has 2 N–H and O–H groups in total. The zero-order valence-electron chi connectivity index (χ0n) is 13.0. The van der Waals surface area contributed by atoms with Crippen molar-refractivity contribution in [1.82, 2.24) is 0 Å². The Kier molecular flexibility index (Phi) is 8.17. The van der Waals surface area contributed by atoms with Gasteiger partial charge in [-0.25, -0.2) is 0 Å². The van der Waals surface area contributed by atoms with E-state index in [-0.39, 0.29) is 0 Å². The van der Waals surface area contributed by atoms with Crippen LogP contribution in [-0.4, -0.2) is 21.8 Å². The lowest BCUT2D eigenvalue weighted by Gasteiger charge is -2.05. The average Bonchev–Trinajstić information content (AvgIpc) is 2.52. The molecule has 0 amide bonds. The first-order chi connectivity index (χ1) is 10.2. The fourth-order valence-corrected chi connectivity index (χ4v) is 2.33. The van der Waals surface area contributed by atoms with E-state index in [9.17, 15) is 0 Å². The fraction of sp³-hybridized carbons (Fsp3) is 0.529. The summed E-state index contributed by atoms with van der Waals surface area (Å²) in [5.74, 6) is 0. The SMILES string of the molecule is CCCCCCCCc1ccc(C(=N\O)/C(C)=N/O)cc1. The van der Waals surface area contributed by atoms with Crippen LogP contribution < -0.4 is 0 Å². The first-order valence-corrected chi connectivity index (χ1v) is 7.73. The lowest BCUT2D eigenvalue weighted by atomic mass is 10.0. The van der Waals surface area contributed by atoms with Crippen LogP contribution >= 0.6 is 0 Å². The highest BCUT2D eigenvalue weighted by Crippen LogP contribution is 2.12. The molecule has 116 valence electrons. The molecule has 4 heteroatoms. The standard InChI is InChI=1S/C17H26N2O2/c1-3-4-5-6-7-8-9-15-10-12-16(13-11-15)17(19-21)14(2)18-20/h10-13,20-21H,3-9H2,1-2H3/b18-14+,19-17-. The number of hydrogen-bond acceptors (Lipinski definition) is 4. The number of aryl methyl sites for hydroxylation is 1. The number of oxime groups is 2. The molecule has 21 heavy (non-hydrogen) atoms. The lowest BCUT2D eigenvalue weighted by molar-refractivity contribution is 0.314. The van der Waals surface area contributed by atoms with E-state index in [2.05, 4.69) is 17.2 Å². The van der Waals surface area contributed by atoms with Gasteiger partial charge >= 0.3 is 0 Å². The van der Waals surface area contributed by atoms with Crippen LogP contribution in [0.1, 0.15) is 63.5 Å². The molecule has 0 aliphatic carbocycles. The maximum atomic E-state index is 8.99. The molecule has 4 nitrogen and oxygen atoms in total. The monoisotopic (exact) mass is 290 g/mol. The van der Waals surface area contributed by atoms with Gasteiger partial charge in [-0.2, -0.15) is 0 Å². The molecule has 0 saturated carbocycles. The summed E-state index contributed by atoms with van der Waals surface area (Å²) in [6.07, 6.45) is 8.84. The van der Waals surface area contributed by atoms with Crippen molar-refractivity contribution in [3.05, 3.63) is 35.4 Å². The van der Waals surface area contributed by atoms with E-state index in [1.165, 1.54) is 44.1 Å². The molecule has 0 aromatic heterocycles. The molecule has 0 saturated heterocycles. The van der Waals surface area contributed by atoms with Gasteiger partial charge in [0.05, 0.1) is 0 Å². The maximum absolute atomic E-state index is 8.99. The summed E-state index contributed by atoms with van der Waals surface area (Å²) >= 11 is 0. The van der Waals surface area contributed by atoms with Crippen LogP contribution in [0.5, 0.6) is 0 Å². The van der Waals surface area contributed by atoms with Gasteiger partial charge in [0.2, 0.25) is 0 Å². The van der Waals surface area contributed by atoms with E-state index in [0.29, 0.717) is 11.4 Å². The van der Waals surface area contributed by atoms with E-state index in [1.54, 1.807) is 6.92 Å². The molecule has 0 fully saturated rings. The van der Waals surface area contributed by atoms with Crippen LogP contribution in [0.2, 0.25) is 0 Å². The molecular weight excluding hydrogens is 264 g/mol. The molecule has 0 unspecified atom stereocenters. The molecule has 0 radical (unpaired) electrons. The van der Waals surface area contributed by atoms with Crippen LogP contribution in [0, 0.1) is 0 Å². The Morgan fingerprint density at radius 3 is 2.10 bits per heavy atom. The second kappa shape index (κ2) is 9.97. The van der Waals surface area contributed by atoms with Crippen molar-refractivity contribution in [1.29, 1.82) is 0 Å². The predicted molar refractivity (Wildman–Crippen MR) is 86.7 cm³/mol. The number of benzene rings is 1. The molecule has 0 spiro atoms. The summed E-state index contributed by atoms with van der Waals surface area (Å²) in [4.78, 5) is 0. The highest BCUT2D eigenvalue weighted by molar-refractivity contribution is 6.47. The minimum Gasteiger partial charge on any atom is -0.411 e. The van der Waals surface area contributed by atoms with Crippen LogP contribution in [0.15, 0.2) is 34.6 Å². The number of hydrogen-bond donors (Lipinski definition) is 2. The molecule has 1 rings (SSSR count). The van der Waals surface area contributed by atoms with Crippen LogP contribution in [0.3, 0.4) is 0 Å². The highest BCUT2D eigenvalue weighted by atomic mass is 16.4. The van der Waals surface area contributed by atoms with Crippen LogP contribution in [0.25, 0.3) is 0 Å². The molecule has 1 aromatic carbocycles. The zero-order valence-corrected chi connectivity index (χ0v) is 13.0. The van der Waals surface area contributed by atoms with E-state index in [0.717, 1.165) is 12.0 Å². The largest absolute Gasteiger partial charge is 0.411 e. The number of unbranched alkanes of at least 4 members (excludes halogenated alkanes) is 5. The summed E-state index contributed by atoms with van der Waals surface area (Å²) in [5, 5.41) is 24.0. The Morgan fingerprint density at radius 1 is 0.905 bits per heavy atom. The third-order valence-electron chi connectivity index (χ3n) is 3.64. The van der Waals surface area contributed by atoms with Crippen molar-refractivity contribution in [2.45, 2.75) is 58.8 Å². The summed E-state index contributed by atoms with van der Waals surface area (Å²) in [7, 11) is 0. The smallest absolute Gasteiger partial charge is 0.134 e. The van der Waals surface area contributed by atoms with Gasteiger partial charge < -0.3 is 10.4 Å². The van der Waals surface area contributed by atoms with Crippen molar-refractivity contribution in [3.63, 3.8) is 0 Å². The minimum absolute atomic E-state index is 0.293. The van der Waals surface area contributed by atoms with Gasteiger partial charge in [-0.15, -0.1) is 0 Å². The normalized spacial score (nSPS) is 12.7. The van der Waals surface area contributed by atoms with Crippen molar-refractivity contribution in [3.8, 4) is 0 Å². The van der Waals surface area contributed by atoms with Crippen molar-refractivity contribution in [2.24, 2.45) is 10.3 Å². The Labute approximate surface area is 127 Å². The topological polar surface area (TPSA) is 65.2 Å². The quantitative estimate of drug-likeness (QED) is 0.302. The third-order valence-corrected chi connectivity index (χ3v) is 3.64. The van der Waals surface area contributed by atoms with Crippen molar-refractivity contribution < 1.29 is 10.4 Å². The Balaban J connectivity index is 2.47. The Hall–Kier alpha value is -1.84. The van der Waals surface area contributed by atoms with E-state index >= 15 is 0 Å². The van der Waals surface area contributed by atoms with E-state index in [4.69, 9.17) is 10.4 Å². The molecule has 1 aromatic rings. The van der Waals surface area contributed by atoms with Gasteiger partial charge in [0, 0.05) is 5.56 Å². The van der Waals surface area contributed by atoms with E-state index < -0.39 is 0 Å². The van der Waals surface area contributed by atoms with Gasteiger partial charge in [0.1, 0.15) is 11.4 Å². The van der Waals surface area contributed by atoms with E-state index in [1.807, 2.05) is 24.3 Å². The first kappa shape index (κ1) is 17.2. The molecule has 0 heterocycles. The van der Waals surface area contributed by atoms with Gasteiger partial charge in [-0.05, 0) is 25.3 Å². The molecule has 0 aliphatic heterocycles. The van der Waals surface area contributed by atoms with Gasteiger partial charge in [0.25, 0.3) is 0 Å². The lowest BCUT2D eigenvalue weighted by Crippen LogP contribution is -2.12. The third kappa shape index (κ3) is 5.98. The number of rotatable bonds is 9. The summed E-state index contributed by atoms with van der Waals surface area (Å²) in [6, 6.07) is 7.88.